The van der Waals surface area contributed by atoms with Crippen LogP contribution in [0.5, 0.6) is 0 Å². The van der Waals surface area contributed by atoms with Gasteiger partial charge in [-0.25, -0.2) is 4.39 Å². The fourth-order valence-electron chi connectivity index (χ4n) is 4.80. The molecule has 1 aromatic carbocycles. The molecular formula is C26H33FN4O3. The van der Waals surface area contributed by atoms with E-state index in [0.29, 0.717) is 51.2 Å². The number of piperazine rings is 1. The summed E-state index contributed by atoms with van der Waals surface area (Å²) in [5.41, 5.74) is 2.47. The van der Waals surface area contributed by atoms with Crippen LogP contribution in [0.4, 0.5) is 4.39 Å². The van der Waals surface area contributed by atoms with Gasteiger partial charge in [0.25, 0.3) is 11.8 Å². The number of aromatic nitrogens is 1. The Hall–Kier alpha value is -2.84. The maximum Gasteiger partial charge on any atom is 0.256 e. The predicted molar refractivity (Wildman–Crippen MR) is 127 cm³/mol. The highest BCUT2D eigenvalue weighted by molar-refractivity contribution is 5.96. The lowest BCUT2D eigenvalue weighted by Crippen LogP contribution is -2.49. The summed E-state index contributed by atoms with van der Waals surface area (Å²) in [6, 6.07) is 9.88. The number of piperidine rings is 1. The number of amides is 2. The number of carbonyl (C=O) groups is 2. The molecule has 8 heteroatoms. The SMILES string of the molecule is COCCN1CCN(C(=O)c2ccc(C)nc2C2CCN(C(=O)c3ccccc3F)CC2)CC1. The van der Waals surface area contributed by atoms with Crippen molar-refractivity contribution in [2.45, 2.75) is 25.7 Å². The van der Waals surface area contributed by atoms with Crippen molar-refractivity contribution in [3.8, 4) is 0 Å². The van der Waals surface area contributed by atoms with Crippen LogP contribution in [0, 0.1) is 12.7 Å². The van der Waals surface area contributed by atoms with Gasteiger partial charge in [0.1, 0.15) is 5.82 Å². The zero-order valence-electron chi connectivity index (χ0n) is 20.0. The topological polar surface area (TPSA) is 66.0 Å². The molecule has 2 saturated heterocycles. The van der Waals surface area contributed by atoms with Gasteiger partial charge in [0.05, 0.1) is 23.4 Å². The Labute approximate surface area is 200 Å². The molecule has 0 unspecified atom stereocenters. The number of benzene rings is 1. The largest absolute Gasteiger partial charge is 0.383 e. The van der Waals surface area contributed by atoms with Crippen LogP contribution in [0.3, 0.4) is 0 Å². The fraction of sp³-hybridized carbons (Fsp3) is 0.500. The van der Waals surface area contributed by atoms with E-state index in [1.165, 1.54) is 12.1 Å². The Kier molecular flexibility index (Phi) is 7.90. The molecule has 0 atom stereocenters. The van der Waals surface area contributed by atoms with E-state index in [2.05, 4.69) is 4.90 Å². The smallest absolute Gasteiger partial charge is 0.256 e. The molecule has 0 bridgehead atoms. The van der Waals surface area contributed by atoms with Crippen LogP contribution in [0.2, 0.25) is 0 Å². The van der Waals surface area contributed by atoms with Gasteiger partial charge in [-0.3, -0.25) is 19.5 Å². The van der Waals surface area contributed by atoms with E-state index in [1.54, 1.807) is 24.1 Å². The molecule has 182 valence electrons. The van der Waals surface area contributed by atoms with E-state index >= 15 is 0 Å². The Morgan fingerprint density at radius 3 is 2.26 bits per heavy atom. The highest BCUT2D eigenvalue weighted by atomic mass is 19.1. The number of aryl methyl sites for hydroxylation is 1. The van der Waals surface area contributed by atoms with Gasteiger partial charge in [-0.2, -0.15) is 0 Å². The van der Waals surface area contributed by atoms with E-state index in [9.17, 15) is 14.0 Å². The van der Waals surface area contributed by atoms with Gasteiger partial charge in [-0.05, 0) is 44.0 Å². The summed E-state index contributed by atoms with van der Waals surface area (Å²) < 4.78 is 19.2. The summed E-state index contributed by atoms with van der Waals surface area (Å²) in [4.78, 5) is 36.9. The van der Waals surface area contributed by atoms with Gasteiger partial charge in [-0.1, -0.05) is 12.1 Å². The first-order valence-corrected chi connectivity index (χ1v) is 12.0. The molecule has 0 radical (unpaired) electrons. The number of rotatable bonds is 6. The number of pyridine rings is 1. The lowest BCUT2D eigenvalue weighted by Gasteiger charge is -2.36. The Balaban J connectivity index is 1.42. The van der Waals surface area contributed by atoms with Gasteiger partial charge in [0, 0.05) is 64.5 Å². The van der Waals surface area contributed by atoms with Gasteiger partial charge in [0.2, 0.25) is 0 Å². The lowest BCUT2D eigenvalue weighted by molar-refractivity contribution is 0.0588. The van der Waals surface area contributed by atoms with E-state index in [0.717, 1.165) is 31.0 Å². The van der Waals surface area contributed by atoms with Crippen LogP contribution < -0.4 is 0 Å². The standard InChI is InChI=1S/C26H33FN4O3/c1-19-7-8-22(26(33)31-15-13-29(14-16-31)17-18-34-2)24(28-19)20-9-11-30(12-10-20)25(32)21-5-3-4-6-23(21)27/h3-8,20H,9-18H2,1-2H3. The monoisotopic (exact) mass is 468 g/mol. The first kappa shape index (κ1) is 24.3. The van der Waals surface area contributed by atoms with Crippen LogP contribution in [0.25, 0.3) is 0 Å². The van der Waals surface area contributed by atoms with Crippen molar-refractivity contribution in [1.29, 1.82) is 0 Å². The molecule has 0 aliphatic carbocycles. The van der Waals surface area contributed by atoms with Crippen LogP contribution in [-0.2, 0) is 4.74 Å². The molecule has 2 amide bonds. The summed E-state index contributed by atoms with van der Waals surface area (Å²) >= 11 is 0. The van der Waals surface area contributed by atoms with Gasteiger partial charge in [-0.15, -0.1) is 0 Å². The normalized spacial score (nSPS) is 17.7. The summed E-state index contributed by atoms with van der Waals surface area (Å²) in [6.07, 6.45) is 1.39. The number of ether oxygens (including phenoxy) is 1. The predicted octanol–water partition coefficient (Wildman–Crippen LogP) is 2.95. The number of methoxy groups -OCH3 is 1. The molecule has 2 aromatic rings. The minimum atomic E-state index is -0.495. The molecule has 1 aromatic heterocycles. The van der Waals surface area contributed by atoms with Crippen LogP contribution in [-0.4, -0.2) is 91.0 Å². The summed E-state index contributed by atoms with van der Waals surface area (Å²) in [7, 11) is 1.70. The maximum absolute atomic E-state index is 14.1. The average Bonchev–Trinajstić information content (AvgIpc) is 2.87. The van der Waals surface area contributed by atoms with E-state index in [-0.39, 0.29) is 23.3 Å². The summed E-state index contributed by atoms with van der Waals surface area (Å²) in [5.74, 6) is -0.660. The molecule has 3 heterocycles. The third kappa shape index (κ3) is 5.45. The first-order valence-electron chi connectivity index (χ1n) is 12.0. The van der Waals surface area contributed by atoms with Crippen LogP contribution in [0.15, 0.2) is 36.4 Å². The zero-order valence-corrected chi connectivity index (χ0v) is 20.0. The quantitative estimate of drug-likeness (QED) is 0.652. The number of carbonyl (C=O) groups excluding carboxylic acids is 2. The van der Waals surface area contributed by atoms with Crippen molar-refractivity contribution in [2.75, 3.05) is 59.5 Å². The third-order valence-electron chi connectivity index (χ3n) is 6.84. The molecule has 2 fully saturated rings. The number of halogens is 1. The fourth-order valence-corrected chi connectivity index (χ4v) is 4.80. The third-order valence-corrected chi connectivity index (χ3v) is 6.84. The number of nitrogens with zero attached hydrogens (tertiary/aromatic N) is 4. The van der Waals surface area contributed by atoms with Crippen molar-refractivity contribution in [3.63, 3.8) is 0 Å². The number of hydrogen-bond donors (Lipinski definition) is 0. The van der Waals surface area contributed by atoms with E-state index in [4.69, 9.17) is 9.72 Å². The zero-order chi connectivity index (χ0) is 24.1. The lowest BCUT2D eigenvalue weighted by atomic mass is 9.89. The van der Waals surface area contributed by atoms with Crippen molar-refractivity contribution in [2.24, 2.45) is 0 Å². The van der Waals surface area contributed by atoms with Crippen LogP contribution in [0.1, 0.15) is 50.9 Å². The summed E-state index contributed by atoms with van der Waals surface area (Å²) in [5, 5.41) is 0. The van der Waals surface area contributed by atoms with Crippen LogP contribution >= 0.6 is 0 Å². The molecule has 0 N–H and O–H groups in total. The second kappa shape index (κ2) is 11.1. The van der Waals surface area contributed by atoms with Gasteiger partial charge < -0.3 is 14.5 Å². The van der Waals surface area contributed by atoms with E-state index in [1.807, 2.05) is 24.0 Å². The number of hydrogen-bond acceptors (Lipinski definition) is 5. The van der Waals surface area contributed by atoms with Crippen molar-refractivity contribution >= 4 is 11.8 Å². The minimum absolute atomic E-state index is 0.0266. The molecule has 2 aliphatic heterocycles. The molecule has 0 spiro atoms. The Bertz CT molecular complexity index is 1010. The molecule has 4 rings (SSSR count). The van der Waals surface area contributed by atoms with E-state index < -0.39 is 5.82 Å². The maximum atomic E-state index is 14.1. The highest BCUT2D eigenvalue weighted by Crippen LogP contribution is 2.31. The highest BCUT2D eigenvalue weighted by Gasteiger charge is 2.31. The van der Waals surface area contributed by atoms with Crippen molar-refractivity contribution in [1.82, 2.24) is 19.7 Å². The second-order valence-electron chi connectivity index (χ2n) is 9.06. The molecular weight excluding hydrogens is 435 g/mol. The van der Waals surface area contributed by atoms with Gasteiger partial charge >= 0.3 is 0 Å². The molecule has 7 nitrogen and oxygen atoms in total. The number of likely N-dealkylation sites (tertiary alicyclic amines) is 1. The molecule has 0 saturated carbocycles. The van der Waals surface area contributed by atoms with Crippen molar-refractivity contribution in [3.05, 3.63) is 64.7 Å². The Morgan fingerprint density at radius 2 is 1.59 bits per heavy atom. The Morgan fingerprint density at radius 1 is 0.941 bits per heavy atom. The molecule has 2 aliphatic rings. The minimum Gasteiger partial charge on any atom is -0.383 e. The summed E-state index contributed by atoms with van der Waals surface area (Å²) in [6.45, 7) is 7.57. The average molecular weight is 469 g/mol. The van der Waals surface area contributed by atoms with Gasteiger partial charge in [0.15, 0.2) is 0 Å². The molecule has 34 heavy (non-hydrogen) atoms. The first-order chi connectivity index (χ1) is 16.5. The van der Waals surface area contributed by atoms with Crippen molar-refractivity contribution < 1.29 is 18.7 Å². The second-order valence-corrected chi connectivity index (χ2v) is 9.06.